The molecule has 0 aliphatic carbocycles. The molecule has 7 heteroatoms. The first-order valence-electron chi connectivity index (χ1n) is 13.1. The molecule has 0 aliphatic heterocycles. The zero-order valence-corrected chi connectivity index (χ0v) is 23.1. The van der Waals surface area contributed by atoms with Crippen LogP contribution in [0.3, 0.4) is 0 Å². The van der Waals surface area contributed by atoms with E-state index < -0.39 is 6.04 Å². The number of aromatic nitrogens is 2. The topological polar surface area (TPSA) is 64.4 Å². The van der Waals surface area contributed by atoms with Gasteiger partial charge in [-0.3, -0.25) is 14.2 Å². The van der Waals surface area contributed by atoms with Crippen molar-refractivity contribution < 1.29 is 9.53 Å². The minimum Gasteiger partial charge on any atom is -0.484 e. The van der Waals surface area contributed by atoms with E-state index in [-0.39, 0.29) is 24.0 Å². The highest BCUT2D eigenvalue weighted by Gasteiger charge is 2.30. The van der Waals surface area contributed by atoms with Gasteiger partial charge in [-0.15, -0.1) is 0 Å². The van der Waals surface area contributed by atoms with E-state index in [0.29, 0.717) is 40.5 Å². The minimum atomic E-state index is -0.429. The minimum absolute atomic E-state index is 0.131. The Kier molecular flexibility index (Phi) is 8.85. The smallest absolute Gasteiger partial charge is 0.266 e. The number of aryl methyl sites for hydroxylation is 1. The van der Waals surface area contributed by atoms with Crippen LogP contribution in [0.5, 0.6) is 5.75 Å². The van der Waals surface area contributed by atoms with Gasteiger partial charge in [-0.05, 0) is 72.9 Å². The highest BCUT2D eigenvalue weighted by Crippen LogP contribution is 2.27. The standard InChI is InChI=1S/C31H34ClN3O3/c1-5-22-11-15-24(16-12-22)35-30(33-27-10-8-7-9-26(27)31(35)37)28(6-2)34(19-21(3)4)29(36)20-38-25-17-13-23(32)14-18-25/h7-18,21,28H,5-6,19-20H2,1-4H3. The summed E-state index contributed by atoms with van der Waals surface area (Å²) in [4.78, 5) is 34.3. The summed E-state index contributed by atoms with van der Waals surface area (Å²) >= 11 is 5.98. The molecule has 0 N–H and O–H groups in total. The molecule has 0 bridgehead atoms. The van der Waals surface area contributed by atoms with Crippen LogP contribution in [0.2, 0.25) is 5.02 Å². The number of halogens is 1. The maximum absolute atomic E-state index is 13.9. The average molecular weight is 532 g/mol. The van der Waals surface area contributed by atoms with Gasteiger partial charge in [-0.1, -0.05) is 63.6 Å². The molecule has 0 aliphatic rings. The van der Waals surface area contributed by atoms with Crippen molar-refractivity contribution in [2.45, 2.75) is 46.6 Å². The predicted molar refractivity (Wildman–Crippen MR) is 153 cm³/mol. The Morgan fingerprint density at radius 1 is 1.00 bits per heavy atom. The summed E-state index contributed by atoms with van der Waals surface area (Å²) in [5.74, 6) is 1.14. The summed E-state index contributed by atoms with van der Waals surface area (Å²) in [6.45, 7) is 8.61. The molecule has 0 fully saturated rings. The zero-order chi connectivity index (χ0) is 27.2. The van der Waals surface area contributed by atoms with Crippen LogP contribution in [0.15, 0.2) is 77.6 Å². The molecule has 0 spiro atoms. The van der Waals surface area contributed by atoms with Gasteiger partial charge in [0.15, 0.2) is 6.61 Å². The van der Waals surface area contributed by atoms with Crippen LogP contribution in [0.1, 0.15) is 51.5 Å². The van der Waals surface area contributed by atoms with Gasteiger partial charge in [0.2, 0.25) is 0 Å². The van der Waals surface area contributed by atoms with Gasteiger partial charge in [-0.25, -0.2) is 4.98 Å². The third-order valence-electron chi connectivity index (χ3n) is 6.52. The summed E-state index contributed by atoms with van der Waals surface area (Å²) in [6.07, 6.45) is 1.48. The van der Waals surface area contributed by atoms with E-state index in [1.807, 2.05) is 49.4 Å². The van der Waals surface area contributed by atoms with Crippen LogP contribution >= 0.6 is 11.6 Å². The SMILES string of the molecule is CCc1ccc(-n2c(C(CC)N(CC(C)C)C(=O)COc3ccc(Cl)cc3)nc3ccccc3c2=O)cc1. The molecule has 3 aromatic carbocycles. The van der Waals surface area contributed by atoms with E-state index in [9.17, 15) is 9.59 Å². The van der Waals surface area contributed by atoms with Crippen molar-refractivity contribution in [3.8, 4) is 11.4 Å². The molecule has 38 heavy (non-hydrogen) atoms. The van der Waals surface area contributed by atoms with Crippen molar-refractivity contribution in [1.82, 2.24) is 14.5 Å². The third kappa shape index (κ3) is 6.08. The van der Waals surface area contributed by atoms with Crippen LogP contribution in [0.25, 0.3) is 16.6 Å². The van der Waals surface area contributed by atoms with E-state index in [1.165, 1.54) is 5.56 Å². The van der Waals surface area contributed by atoms with Crippen LogP contribution in [-0.2, 0) is 11.2 Å². The predicted octanol–water partition coefficient (Wildman–Crippen LogP) is 6.62. The average Bonchev–Trinajstić information content (AvgIpc) is 2.92. The number of fused-ring (bicyclic) bond motifs is 1. The first-order chi connectivity index (χ1) is 18.3. The summed E-state index contributed by atoms with van der Waals surface area (Å²) < 4.78 is 7.47. The molecule has 4 aromatic rings. The Morgan fingerprint density at radius 2 is 1.68 bits per heavy atom. The Balaban J connectivity index is 1.80. The summed E-state index contributed by atoms with van der Waals surface area (Å²) in [7, 11) is 0. The van der Waals surface area contributed by atoms with Crippen LogP contribution < -0.4 is 10.3 Å². The van der Waals surface area contributed by atoms with Crippen LogP contribution in [-0.4, -0.2) is 33.5 Å². The molecule has 1 amide bonds. The Labute approximate surface area is 228 Å². The van der Waals surface area contributed by atoms with Crippen molar-refractivity contribution in [3.05, 3.63) is 99.6 Å². The van der Waals surface area contributed by atoms with Gasteiger partial charge in [0.1, 0.15) is 11.6 Å². The second-order valence-electron chi connectivity index (χ2n) is 9.75. The normalized spacial score (nSPS) is 12.1. The summed E-state index contributed by atoms with van der Waals surface area (Å²) in [5, 5.41) is 1.14. The Hall–Kier alpha value is -3.64. The molecule has 1 heterocycles. The van der Waals surface area contributed by atoms with E-state index >= 15 is 0 Å². The molecule has 198 valence electrons. The van der Waals surface area contributed by atoms with Crippen molar-refractivity contribution in [2.24, 2.45) is 5.92 Å². The molecule has 0 radical (unpaired) electrons. The fourth-order valence-electron chi connectivity index (χ4n) is 4.60. The quantitative estimate of drug-likeness (QED) is 0.231. The Bertz CT molecular complexity index is 1450. The van der Waals surface area contributed by atoms with E-state index in [2.05, 4.69) is 20.8 Å². The number of carbonyl (C=O) groups excluding carboxylic acids is 1. The van der Waals surface area contributed by atoms with Gasteiger partial charge in [-0.2, -0.15) is 0 Å². The number of ether oxygens (including phenoxy) is 1. The molecular formula is C31H34ClN3O3. The van der Waals surface area contributed by atoms with Gasteiger partial charge >= 0.3 is 0 Å². The first kappa shape index (κ1) is 27.4. The molecule has 1 atom stereocenters. The second kappa shape index (κ2) is 12.3. The van der Waals surface area contributed by atoms with Crippen molar-refractivity contribution in [2.75, 3.05) is 13.2 Å². The van der Waals surface area contributed by atoms with Gasteiger partial charge in [0, 0.05) is 11.6 Å². The molecule has 6 nitrogen and oxygen atoms in total. The lowest BCUT2D eigenvalue weighted by atomic mass is 10.1. The fraction of sp³-hybridized carbons (Fsp3) is 0.323. The maximum Gasteiger partial charge on any atom is 0.266 e. The van der Waals surface area contributed by atoms with E-state index in [1.54, 1.807) is 39.8 Å². The van der Waals surface area contributed by atoms with Crippen molar-refractivity contribution >= 4 is 28.4 Å². The lowest BCUT2D eigenvalue weighted by Gasteiger charge is -2.33. The number of rotatable bonds is 10. The maximum atomic E-state index is 13.9. The molecule has 1 unspecified atom stereocenters. The number of amides is 1. The number of hydrogen-bond acceptors (Lipinski definition) is 4. The molecule has 4 rings (SSSR count). The number of carbonyl (C=O) groups is 1. The lowest BCUT2D eigenvalue weighted by molar-refractivity contribution is -0.136. The van der Waals surface area contributed by atoms with Crippen molar-refractivity contribution in [3.63, 3.8) is 0 Å². The summed E-state index contributed by atoms with van der Waals surface area (Å²) in [5.41, 5.74) is 2.37. The summed E-state index contributed by atoms with van der Waals surface area (Å²) in [6, 6.07) is 21.8. The van der Waals surface area contributed by atoms with E-state index in [0.717, 1.165) is 12.1 Å². The Morgan fingerprint density at radius 3 is 2.32 bits per heavy atom. The fourth-order valence-corrected chi connectivity index (χ4v) is 4.73. The zero-order valence-electron chi connectivity index (χ0n) is 22.4. The van der Waals surface area contributed by atoms with Gasteiger partial charge in [0.05, 0.1) is 22.6 Å². The van der Waals surface area contributed by atoms with Crippen LogP contribution in [0, 0.1) is 5.92 Å². The monoisotopic (exact) mass is 531 g/mol. The first-order valence-corrected chi connectivity index (χ1v) is 13.5. The molecule has 0 saturated carbocycles. The number of benzene rings is 3. The van der Waals surface area contributed by atoms with E-state index in [4.69, 9.17) is 21.3 Å². The molecule has 0 saturated heterocycles. The second-order valence-corrected chi connectivity index (χ2v) is 10.2. The number of para-hydroxylation sites is 1. The van der Waals surface area contributed by atoms with Crippen LogP contribution in [0.4, 0.5) is 0 Å². The highest BCUT2D eigenvalue weighted by molar-refractivity contribution is 6.30. The lowest BCUT2D eigenvalue weighted by Crippen LogP contribution is -2.42. The van der Waals surface area contributed by atoms with Gasteiger partial charge in [0.25, 0.3) is 11.5 Å². The number of nitrogens with zero attached hydrogens (tertiary/aromatic N) is 3. The largest absolute Gasteiger partial charge is 0.484 e. The number of hydrogen-bond donors (Lipinski definition) is 0. The van der Waals surface area contributed by atoms with Gasteiger partial charge < -0.3 is 9.64 Å². The third-order valence-corrected chi connectivity index (χ3v) is 6.78. The van der Waals surface area contributed by atoms with Crippen molar-refractivity contribution in [1.29, 1.82) is 0 Å². The molecule has 1 aromatic heterocycles. The highest BCUT2D eigenvalue weighted by atomic mass is 35.5. The molecular weight excluding hydrogens is 498 g/mol.